The molecule has 0 spiro atoms. The van der Waals surface area contributed by atoms with Gasteiger partial charge in [0.15, 0.2) is 0 Å². The molecule has 0 saturated heterocycles. The van der Waals surface area contributed by atoms with Gasteiger partial charge in [-0.2, -0.15) is 0 Å². The van der Waals surface area contributed by atoms with Gasteiger partial charge in [0, 0.05) is 10.8 Å². The molecule has 6 aromatic carbocycles. The number of aryl methyl sites for hydroxylation is 1. The highest BCUT2D eigenvalue weighted by Gasteiger charge is 2.15. The summed E-state index contributed by atoms with van der Waals surface area (Å²) in [6.45, 7) is 2.14. The van der Waals surface area contributed by atoms with Gasteiger partial charge in [0.05, 0.1) is 0 Å². The number of hydrogen-bond donors (Lipinski definition) is 0. The topological polar surface area (TPSA) is 13.1 Å². The Hall–Kier alpha value is -4.36. The van der Waals surface area contributed by atoms with Gasteiger partial charge in [0.2, 0.25) is 0 Å². The number of fused-ring (bicyclic) bond motifs is 6. The molecular formula is C33H22O. The summed E-state index contributed by atoms with van der Waals surface area (Å²) in [5.41, 5.74) is 7.98. The molecule has 34 heavy (non-hydrogen) atoms. The molecule has 0 fully saturated rings. The molecule has 0 aliphatic carbocycles. The molecule has 160 valence electrons. The lowest BCUT2D eigenvalue weighted by atomic mass is 9.92. The average Bonchev–Trinajstić information content (AvgIpc) is 3.26. The van der Waals surface area contributed by atoms with Crippen molar-refractivity contribution in [1.82, 2.24) is 0 Å². The van der Waals surface area contributed by atoms with Crippen molar-refractivity contribution in [3.05, 3.63) is 121 Å². The second kappa shape index (κ2) is 7.33. The van der Waals surface area contributed by atoms with Crippen LogP contribution in [0, 0.1) is 6.92 Å². The highest BCUT2D eigenvalue weighted by Crippen LogP contribution is 2.40. The van der Waals surface area contributed by atoms with Crippen LogP contribution in [0.5, 0.6) is 0 Å². The molecule has 0 aliphatic rings. The fourth-order valence-corrected chi connectivity index (χ4v) is 5.34. The maximum absolute atomic E-state index is 6.29. The zero-order chi connectivity index (χ0) is 22.6. The minimum Gasteiger partial charge on any atom is -0.456 e. The van der Waals surface area contributed by atoms with E-state index in [1.165, 1.54) is 54.7 Å². The molecular weight excluding hydrogens is 412 g/mol. The van der Waals surface area contributed by atoms with Gasteiger partial charge in [-0.05, 0) is 75.0 Å². The van der Waals surface area contributed by atoms with Gasteiger partial charge in [-0.3, -0.25) is 0 Å². The van der Waals surface area contributed by atoms with Crippen LogP contribution < -0.4 is 0 Å². The Kier molecular flexibility index (Phi) is 4.13. The van der Waals surface area contributed by atoms with Crippen molar-refractivity contribution < 1.29 is 4.42 Å². The van der Waals surface area contributed by atoms with Crippen LogP contribution in [0.15, 0.2) is 120 Å². The van der Waals surface area contributed by atoms with Crippen LogP contribution in [0.25, 0.3) is 65.7 Å². The summed E-state index contributed by atoms with van der Waals surface area (Å²) in [4.78, 5) is 0. The largest absolute Gasteiger partial charge is 0.456 e. The third-order valence-electron chi connectivity index (χ3n) is 6.90. The number of hydrogen-bond acceptors (Lipinski definition) is 1. The lowest BCUT2D eigenvalue weighted by Gasteiger charge is -2.11. The monoisotopic (exact) mass is 434 g/mol. The zero-order valence-electron chi connectivity index (χ0n) is 18.9. The van der Waals surface area contributed by atoms with E-state index in [9.17, 15) is 0 Å². The second-order valence-corrected chi connectivity index (χ2v) is 9.05. The maximum Gasteiger partial charge on any atom is 0.136 e. The second-order valence-electron chi connectivity index (χ2n) is 9.05. The molecule has 0 amide bonds. The summed E-state index contributed by atoms with van der Waals surface area (Å²) >= 11 is 0. The van der Waals surface area contributed by atoms with Gasteiger partial charge in [-0.25, -0.2) is 0 Å². The normalized spacial score (nSPS) is 11.7. The molecule has 1 aromatic heterocycles. The van der Waals surface area contributed by atoms with Crippen LogP contribution in [0.4, 0.5) is 0 Å². The van der Waals surface area contributed by atoms with Gasteiger partial charge < -0.3 is 4.42 Å². The van der Waals surface area contributed by atoms with E-state index in [4.69, 9.17) is 4.42 Å². The van der Waals surface area contributed by atoms with E-state index in [0.29, 0.717) is 0 Å². The molecule has 0 N–H and O–H groups in total. The van der Waals surface area contributed by atoms with Crippen LogP contribution in [-0.4, -0.2) is 0 Å². The SMILES string of the molecule is Cc1cccc(-c2cccc3oc4ccc(-c5cc6ccccc6c6ccccc56)cc4c23)c1. The average molecular weight is 435 g/mol. The smallest absolute Gasteiger partial charge is 0.136 e. The molecule has 1 heteroatoms. The first-order chi connectivity index (χ1) is 16.8. The molecule has 0 atom stereocenters. The minimum absolute atomic E-state index is 0.920. The highest BCUT2D eigenvalue weighted by atomic mass is 16.3. The van der Waals surface area contributed by atoms with Gasteiger partial charge in [-0.1, -0.05) is 96.6 Å². The Morgan fingerprint density at radius 1 is 0.471 bits per heavy atom. The summed E-state index contributed by atoms with van der Waals surface area (Å²) in [6, 6.07) is 41.3. The van der Waals surface area contributed by atoms with Crippen LogP contribution in [0.2, 0.25) is 0 Å². The van der Waals surface area contributed by atoms with Crippen LogP contribution >= 0.6 is 0 Å². The molecule has 0 unspecified atom stereocenters. The molecule has 0 saturated carbocycles. The molecule has 0 radical (unpaired) electrons. The molecule has 0 bridgehead atoms. The summed E-state index contributed by atoms with van der Waals surface area (Å²) in [6.07, 6.45) is 0. The predicted octanol–water partition coefficient (Wildman–Crippen LogP) is 9.53. The molecule has 1 nitrogen and oxygen atoms in total. The van der Waals surface area contributed by atoms with Gasteiger partial charge >= 0.3 is 0 Å². The lowest BCUT2D eigenvalue weighted by molar-refractivity contribution is 0.669. The number of rotatable bonds is 2. The van der Waals surface area contributed by atoms with E-state index in [0.717, 1.165) is 16.6 Å². The Morgan fingerprint density at radius 2 is 1.24 bits per heavy atom. The van der Waals surface area contributed by atoms with Crippen molar-refractivity contribution in [3.63, 3.8) is 0 Å². The maximum atomic E-state index is 6.29. The Bertz CT molecular complexity index is 1870. The standard InChI is InChI=1S/C33H22O/c1-21-8-6-10-22(18-21)26-14-7-15-32-33(26)30-20-24(16-17-31(30)34-32)29-19-23-9-2-3-11-25(23)27-12-4-5-13-28(27)29/h2-20H,1H3. The molecule has 0 aliphatic heterocycles. The van der Waals surface area contributed by atoms with E-state index in [2.05, 4.69) is 122 Å². The third kappa shape index (κ3) is 2.87. The van der Waals surface area contributed by atoms with Crippen molar-refractivity contribution in [3.8, 4) is 22.3 Å². The fraction of sp³-hybridized carbons (Fsp3) is 0.0303. The summed E-state index contributed by atoms with van der Waals surface area (Å²) in [7, 11) is 0. The first-order valence-corrected chi connectivity index (χ1v) is 11.7. The lowest BCUT2D eigenvalue weighted by Crippen LogP contribution is -1.85. The number of furan rings is 1. The summed E-state index contributed by atoms with van der Waals surface area (Å²) in [5.74, 6) is 0. The summed E-state index contributed by atoms with van der Waals surface area (Å²) in [5, 5.41) is 7.43. The van der Waals surface area contributed by atoms with Crippen LogP contribution in [-0.2, 0) is 0 Å². The highest BCUT2D eigenvalue weighted by molar-refractivity contribution is 6.16. The van der Waals surface area contributed by atoms with Gasteiger partial charge in [0.1, 0.15) is 11.2 Å². The molecule has 1 heterocycles. The zero-order valence-corrected chi connectivity index (χ0v) is 18.9. The van der Waals surface area contributed by atoms with Crippen molar-refractivity contribution in [1.29, 1.82) is 0 Å². The van der Waals surface area contributed by atoms with E-state index in [1.807, 2.05) is 0 Å². The van der Waals surface area contributed by atoms with E-state index in [-0.39, 0.29) is 0 Å². The quantitative estimate of drug-likeness (QED) is 0.247. The van der Waals surface area contributed by atoms with Crippen LogP contribution in [0.1, 0.15) is 5.56 Å². The van der Waals surface area contributed by atoms with E-state index < -0.39 is 0 Å². The predicted molar refractivity (Wildman–Crippen MR) is 144 cm³/mol. The van der Waals surface area contributed by atoms with E-state index in [1.54, 1.807) is 0 Å². The fourth-order valence-electron chi connectivity index (χ4n) is 5.34. The minimum atomic E-state index is 0.920. The van der Waals surface area contributed by atoms with Gasteiger partial charge in [-0.15, -0.1) is 0 Å². The number of benzene rings is 6. The molecule has 7 rings (SSSR count). The first-order valence-electron chi connectivity index (χ1n) is 11.7. The molecule has 7 aromatic rings. The Labute approximate surface area is 197 Å². The van der Waals surface area contributed by atoms with Crippen LogP contribution in [0.3, 0.4) is 0 Å². The first kappa shape index (κ1) is 19.1. The third-order valence-corrected chi connectivity index (χ3v) is 6.90. The Morgan fingerprint density at radius 3 is 2.12 bits per heavy atom. The van der Waals surface area contributed by atoms with Crippen molar-refractivity contribution >= 4 is 43.5 Å². The van der Waals surface area contributed by atoms with Gasteiger partial charge in [0.25, 0.3) is 0 Å². The van der Waals surface area contributed by atoms with E-state index >= 15 is 0 Å². The van der Waals surface area contributed by atoms with Crippen molar-refractivity contribution in [2.45, 2.75) is 6.92 Å². The van der Waals surface area contributed by atoms with Crippen molar-refractivity contribution in [2.24, 2.45) is 0 Å². The van der Waals surface area contributed by atoms with Crippen molar-refractivity contribution in [2.75, 3.05) is 0 Å². The summed E-state index contributed by atoms with van der Waals surface area (Å²) < 4.78 is 6.29. The Balaban J connectivity index is 1.54.